The summed E-state index contributed by atoms with van der Waals surface area (Å²) in [6, 6.07) is 8.72. The standard InChI is InChI=1S/C13H8Cl2N2O/c14-11-4-10(6-16)5-12(15)13(11)18-8-9-2-1-3-17-7-9/h1-5,7H,8H2. The van der Waals surface area contributed by atoms with E-state index in [9.17, 15) is 0 Å². The number of rotatable bonds is 3. The SMILES string of the molecule is N#Cc1cc(Cl)c(OCc2cccnc2)c(Cl)c1. The zero-order valence-corrected chi connectivity index (χ0v) is 10.7. The molecule has 1 aromatic heterocycles. The molecule has 1 heterocycles. The quantitative estimate of drug-likeness (QED) is 0.857. The Balaban J connectivity index is 2.18. The van der Waals surface area contributed by atoms with Gasteiger partial charge in [0.15, 0.2) is 5.75 Å². The molecule has 0 aliphatic carbocycles. The third kappa shape index (κ3) is 2.92. The molecule has 1 aromatic carbocycles. The van der Waals surface area contributed by atoms with Crippen molar-refractivity contribution in [3.8, 4) is 11.8 Å². The lowest BCUT2D eigenvalue weighted by molar-refractivity contribution is 0.306. The molecule has 0 atom stereocenters. The molecular weight excluding hydrogens is 271 g/mol. The van der Waals surface area contributed by atoms with E-state index in [0.717, 1.165) is 5.56 Å². The predicted octanol–water partition coefficient (Wildman–Crippen LogP) is 3.84. The smallest absolute Gasteiger partial charge is 0.157 e. The van der Waals surface area contributed by atoms with Crippen molar-refractivity contribution < 1.29 is 4.74 Å². The number of benzene rings is 1. The Morgan fingerprint density at radius 3 is 2.56 bits per heavy atom. The van der Waals surface area contributed by atoms with Gasteiger partial charge < -0.3 is 4.74 Å². The summed E-state index contributed by atoms with van der Waals surface area (Å²) in [6.07, 6.45) is 3.39. The average molecular weight is 279 g/mol. The number of halogens is 2. The number of hydrogen-bond donors (Lipinski definition) is 0. The van der Waals surface area contributed by atoms with E-state index in [4.69, 9.17) is 33.2 Å². The normalized spacial score (nSPS) is 9.83. The summed E-state index contributed by atoms with van der Waals surface area (Å²) in [4.78, 5) is 3.98. The van der Waals surface area contributed by atoms with Crippen molar-refractivity contribution in [3.05, 3.63) is 57.8 Å². The summed E-state index contributed by atoms with van der Waals surface area (Å²) in [5, 5.41) is 9.41. The highest BCUT2D eigenvalue weighted by atomic mass is 35.5. The highest BCUT2D eigenvalue weighted by molar-refractivity contribution is 6.37. The van der Waals surface area contributed by atoms with E-state index in [1.54, 1.807) is 12.4 Å². The highest BCUT2D eigenvalue weighted by Crippen LogP contribution is 2.34. The van der Waals surface area contributed by atoms with Crippen molar-refractivity contribution >= 4 is 23.2 Å². The molecular formula is C13H8Cl2N2O. The minimum absolute atomic E-state index is 0.319. The van der Waals surface area contributed by atoms with E-state index in [0.29, 0.717) is 28.0 Å². The third-order valence-electron chi connectivity index (χ3n) is 2.23. The zero-order valence-electron chi connectivity index (χ0n) is 9.23. The maximum Gasteiger partial charge on any atom is 0.157 e. The van der Waals surface area contributed by atoms with Crippen LogP contribution < -0.4 is 4.74 Å². The number of nitrogens with zero attached hydrogens (tertiary/aromatic N) is 2. The van der Waals surface area contributed by atoms with Gasteiger partial charge in [0.05, 0.1) is 21.7 Å². The largest absolute Gasteiger partial charge is 0.486 e. The van der Waals surface area contributed by atoms with E-state index in [1.165, 1.54) is 12.1 Å². The second kappa shape index (κ2) is 5.72. The summed E-state index contributed by atoms with van der Waals surface area (Å²) in [6.45, 7) is 0.319. The van der Waals surface area contributed by atoms with Gasteiger partial charge in [-0.15, -0.1) is 0 Å². The molecule has 0 aliphatic heterocycles. The van der Waals surface area contributed by atoms with Crippen molar-refractivity contribution in [2.24, 2.45) is 0 Å². The van der Waals surface area contributed by atoms with Crippen LogP contribution in [0.15, 0.2) is 36.7 Å². The van der Waals surface area contributed by atoms with Crippen molar-refractivity contribution in [1.82, 2.24) is 4.98 Å². The Morgan fingerprint density at radius 1 is 1.28 bits per heavy atom. The van der Waals surface area contributed by atoms with Gasteiger partial charge in [-0.3, -0.25) is 4.98 Å². The summed E-state index contributed by atoms with van der Waals surface area (Å²) >= 11 is 12.0. The lowest BCUT2D eigenvalue weighted by atomic mass is 10.2. The van der Waals surface area contributed by atoms with Crippen LogP contribution in [-0.2, 0) is 6.61 Å². The van der Waals surface area contributed by atoms with Crippen LogP contribution in [0.1, 0.15) is 11.1 Å². The minimum Gasteiger partial charge on any atom is -0.486 e. The first-order valence-electron chi connectivity index (χ1n) is 5.11. The molecule has 0 bridgehead atoms. The fourth-order valence-electron chi connectivity index (χ4n) is 1.40. The average Bonchev–Trinajstić information content (AvgIpc) is 2.38. The number of pyridine rings is 1. The van der Waals surface area contributed by atoms with Gasteiger partial charge in [-0.2, -0.15) is 5.26 Å². The van der Waals surface area contributed by atoms with Crippen LogP contribution in [0.2, 0.25) is 10.0 Å². The molecule has 0 fully saturated rings. The van der Waals surface area contributed by atoms with Gasteiger partial charge in [-0.1, -0.05) is 29.3 Å². The van der Waals surface area contributed by atoms with Crippen LogP contribution in [0.5, 0.6) is 5.75 Å². The molecule has 0 radical (unpaired) electrons. The lowest BCUT2D eigenvalue weighted by Crippen LogP contribution is -1.97. The molecule has 0 spiro atoms. The first-order chi connectivity index (χ1) is 8.70. The number of hydrogen-bond acceptors (Lipinski definition) is 3. The van der Waals surface area contributed by atoms with Crippen LogP contribution in [0, 0.1) is 11.3 Å². The third-order valence-corrected chi connectivity index (χ3v) is 2.79. The van der Waals surface area contributed by atoms with Crippen LogP contribution in [0.3, 0.4) is 0 Å². The van der Waals surface area contributed by atoms with Crippen LogP contribution in [-0.4, -0.2) is 4.98 Å². The maximum atomic E-state index is 8.77. The van der Waals surface area contributed by atoms with Gasteiger partial charge >= 0.3 is 0 Å². The summed E-state index contributed by atoms with van der Waals surface area (Å²) in [7, 11) is 0. The zero-order chi connectivity index (χ0) is 13.0. The maximum absolute atomic E-state index is 8.77. The topological polar surface area (TPSA) is 45.9 Å². The first-order valence-corrected chi connectivity index (χ1v) is 5.87. The number of nitriles is 1. The van der Waals surface area contributed by atoms with Gasteiger partial charge in [0.25, 0.3) is 0 Å². The van der Waals surface area contributed by atoms with Gasteiger partial charge in [0.2, 0.25) is 0 Å². The van der Waals surface area contributed by atoms with Gasteiger partial charge in [0.1, 0.15) is 6.61 Å². The molecule has 90 valence electrons. The van der Waals surface area contributed by atoms with Crippen LogP contribution >= 0.6 is 23.2 Å². The van der Waals surface area contributed by atoms with E-state index in [2.05, 4.69) is 4.98 Å². The summed E-state index contributed by atoms with van der Waals surface area (Å²) < 4.78 is 5.54. The Hall–Kier alpha value is -1.76. The highest BCUT2D eigenvalue weighted by Gasteiger charge is 2.09. The summed E-state index contributed by atoms with van der Waals surface area (Å²) in [5.41, 5.74) is 1.31. The monoisotopic (exact) mass is 278 g/mol. The molecule has 0 unspecified atom stereocenters. The molecule has 0 amide bonds. The minimum atomic E-state index is 0.319. The molecule has 3 nitrogen and oxygen atoms in total. The number of ether oxygens (including phenoxy) is 1. The van der Waals surface area contributed by atoms with E-state index < -0.39 is 0 Å². The fraction of sp³-hybridized carbons (Fsp3) is 0.0769. The Kier molecular flexibility index (Phi) is 4.03. The van der Waals surface area contributed by atoms with Gasteiger partial charge in [-0.05, 0) is 18.2 Å². The van der Waals surface area contributed by atoms with E-state index >= 15 is 0 Å². The second-order valence-electron chi connectivity index (χ2n) is 3.53. The van der Waals surface area contributed by atoms with E-state index in [-0.39, 0.29) is 0 Å². The summed E-state index contributed by atoms with van der Waals surface area (Å²) in [5.74, 6) is 0.376. The molecule has 0 saturated heterocycles. The van der Waals surface area contributed by atoms with Gasteiger partial charge in [0, 0.05) is 18.0 Å². The Morgan fingerprint density at radius 2 is 2.00 bits per heavy atom. The second-order valence-corrected chi connectivity index (χ2v) is 4.35. The van der Waals surface area contributed by atoms with Crippen molar-refractivity contribution in [2.75, 3.05) is 0 Å². The predicted molar refractivity (Wildman–Crippen MR) is 69.7 cm³/mol. The van der Waals surface area contributed by atoms with Crippen molar-refractivity contribution in [2.45, 2.75) is 6.61 Å². The van der Waals surface area contributed by atoms with E-state index in [1.807, 2.05) is 18.2 Å². The molecule has 0 N–H and O–H groups in total. The van der Waals surface area contributed by atoms with Crippen molar-refractivity contribution in [3.63, 3.8) is 0 Å². The molecule has 5 heteroatoms. The lowest BCUT2D eigenvalue weighted by Gasteiger charge is -2.10. The van der Waals surface area contributed by atoms with Crippen LogP contribution in [0.4, 0.5) is 0 Å². The van der Waals surface area contributed by atoms with Gasteiger partial charge in [-0.25, -0.2) is 0 Å². The molecule has 0 saturated carbocycles. The number of aromatic nitrogens is 1. The first kappa shape index (κ1) is 12.7. The van der Waals surface area contributed by atoms with Crippen molar-refractivity contribution in [1.29, 1.82) is 5.26 Å². The molecule has 2 rings (SSSR count). The fourth-order valence-corrected chi connectivity index (χ4v) is 2.00. The molecule has 2 aromatic rings. The Bertz CT molecular complexity index is 571. The molecule has 0 aliphatic rings. The molecule has 18 heavy (non-hydrogen) atoms. The Labute approximate surface area is 115 Å². The van der Waals surface area contributed by atoms with Crippen LogP contribution in [0.25, 0.3) is 0 Å².